The molecular weight excluding hydrogens is 332 g/mol. The van der Waals surface area contributed by atoms with Crippen molar-refractivity contribution in [3.63, 3.8) is 0 Å². The van der Waals surface area contributed by atoms with Crippen molar-refractivity contribution in [3.05, 3.63) is 59.8 Å². The summed E-state index contributed by atoms with van der Waals surface area (Å²) in [5.41, 5.74) is 1.77. The Hall–Kier alpha value is -3.35. The van der Waals surface area contributed by atoms with Gasteiger partial charge in [-0.1, -0.05) is 18.2 Å². The molecule has 7 heteroatoms. The summed E-state index contributed by atoms with van der Waals surface area (Å²) in [7, 11) is 0. The second-order valence-corrected chi connectivity index (χ2v) is 6.25. The van der Waals surface area contributed by atoms with Gasteiger partial charge in [0.2, 0.25) is 0 Å². The van der Waals surface area contributed by atoms with Crippen LogP contribution in [-0.2, 0) is 0 Å². The first-order chi connectivity index (χ1) is 12.6. The van der Waals surface area contributed by atoms with E-state index < -0.39 is 0 Å². The summed E-state index contributed by atoms with van der Waals surface area (Å²) < 4.78 is 0. The van der Waals surface area contributed by atoms with Crippen molar-refractivity contribution in [1.29, 1.82) is 0 Å². The van der Waals surface area contributed by atoms with Gasteiger partial charge in [-0.3, -0.25) is 14.7 Å². The van der Waals surface area contributed by atoms with Crippen LogP contribution in [0.4, 0.5) is 0 Å². The molecule has 0 atom stereocenters. The average Bonchev–Trinajstić information content (AvgIpc) is 3.12. The number of aromatic amines is 1. The SMILES string of the molecule is O=C(c1ccc(O)cc1)N1CCN(C(=O)c2n[nH]c3ccccc23)CC1. The van der Waals surface area contributed by atoms with E-state index in [0.29, 0.717) is 37.4 Å². The number of phenolic OH excluding ortho intramolecular Hbond substituents is 1. The lowest BCUT2D eigenvalue weighted by Crippen LogP contribution is -2.50. The van der Waals surface area contributed by atoms with Gasteiger partial charge in [0.05, 0.1) is 5.52 Å². The number of nitrogens with zero attached hydrogens (tertiary/aromatic N) is 3. The number of amides is 2. The molecule has 1 fully saturated rings. The molecule has 2 N–H and O–H groups in total. The third-order valence-electron chi connectivity index (χ3n) is 4.64. The van der Waals surface area contributed by atoms with E-state index in [4.69, 9.17) is 0 Å². The van der Waals surface area contributed by atoms with Gasteiger partial charge in [-0.25, -0.2) is 0 Å². The first-order valence-corrected chi connectivity index (χ1v) is 8.44. The topological polar surface area (TPSA) is 89.5 Å². The van der Waals surface area contributed by atoms with Crippen LogP contribution in [0, 0.1) is 0 Å². The Morgan fingerprint density at radius 3 is 2.19 bits per heavy atom. The molecule has 0 radical (unpaired) electrons. The molecule has 1 aliphatic heterocycles. The predicted octanol–water partition coefficient (Wildman–Crippen LogP) is 1.87. The minimum Gasteiger partial charge on any atom is -0.508 e. The summed E-state index contributed by atoms with van der Waals surface area (Å²) >= 11 is 0. The number of benzene rings is 2. The highest BCUT2D eigenvalue weighted by molar-refractivity contribution is 6.04. The van der Waals surface area contributed by atoms with E-state index in [1.807, 2.05) is 24.3 Å². The number of fused-ring (bicyclic) bond motifs is 1. The first kappa shape index (κ1) is 16.1. The smallest absolute Gasteiger partial charge is 0.275 e. The second kappa shape index (κ2) is 6.51. The zero-order valence-corrected chi connectivity index (χ0v) is 14.1. The number of piperazine rings is 1. The van der Waals surface area contributed by atoms with Gasteiger partial charge in [0.15, 0.2) is 5.69 Å². The van der Waals surface area contributed by atoms with E-state index in [1.54, 1.807) is 21.9 Å². The Morgan fingerprint density at radius 2 is 1.50 bits per heavy atom. The highest BCUT2D eigenvalue weighted by Gasteiger charge is 2.27. The van der Waals surface area contributed by atoms with Gasteiger partial charge in [-0.15, -0.1) is 0 Å². The van der Waals surface area contributed by atoms with Gasteiger partial charge in [-0.05, 0) is 30.3 Å². The number of phenols is 1. The van der Waals surface area contributed by atoms with Gasteiger partial charge < -0.3 is 14.9 Å². The molecule has 0 unspecified atom stereocenters. The van der Waals surface area contributed by atoms with Gasteiger partial charge >= 0.3 is 0 Å². The molecule has 26 heavy (non-hydrogen) atoms. The van der Waals surface area contributed by atoms with E-state index in [9.17, 15) is 14.7 Å². The molecule has 7 nitrogen and oxygen atoms in total. The number of carbonyl (C=O) groups is 2. The highest BCUT2D eigenvalue weighted by atomic mass is 16.3. The third-order valence-corrected chi connectivity index (χ3v) is 4.64. The fraction of sp³-hybridized carbons (Fsp3) is 0.211. The number of aromatic hydroxyl groups is 1. The van der Waals surface area contributed by atoms with E-state index in [-0.39, 0.29) is 17.6 Å². The molecule has 0 spiro atoms. The number of hydrogen-bond acceptors (Lipinski definition) is 4. The number of rotatable bonds is 2. The first-order valence-electron chi connectivity index (χ1n) is 8.44. The predicted molar refractivity (Wildman–Crippen MR) is 96.0 cm³/mol. The van der Waals surface area contributed by atoms with Gasteiger partial charge in [0.1, 0.15) is 5.75 Å². The molecule has 1 saturated heterocycles. The Balaban J connectivity index is 1.44. The van der Waals surface area contributed by atoms with Crippen LogP contribution in [0.25, 0.3) is 10.9 Å². The molecule has 2 aromatic carbocycles. The molecular formula is C19H18N4O3. The van der Waals surface area contributed by atoms with Crippen molar-refractivity contribution >= 4 is 22.7 Å². The van der Waals surface area contributed by atoms with Crippen LogP contribution >= 0.6 is 0 Å². The summed E-state index contributed by atoms with van der Waals surface area (Å²) in [5.74, 6) is -0.0929. The summed E-state index contributed by atoms with van der Waals surface area (Å²) in [6, 6.07) is 13.7. The van der Waals surface area contributed by atoms with Crippen molar-refractivity contribution in [2.45, 2.75) is 0 Å². The van der Waals surface area contributed by atoms with Crippen LogP contribution in [-0.4, -0.2) is 63.1 Å². The molecule has 3 aromatic rings. The lowest BCUT2D eigenvalue weighted by Gasteiger charge is -2.34. The maximum Gasteiger partial charge on any atom is 0.275 e. The quantitative estimate of drug-likeness (QED) is 0.738. The van der Waals surface area contributed by atoms with Crippen molar-refractivity contribution < 1.29 is 14.7 Å². The Kier molecular flexibility index (Phi) is 4.04. The Bertz CT molecular complexity index is 956. The number of hydrogen-bond donors (Lipinski definition) is 2. The minimum atomic E-state index is -0.126. The fourth-order valence-electron chi connectivity index (χ4n) is 3.18. The zero-order chi connectivity index (χ0) is 18.1. The van der Waals surface area contributed by atoms with E-state index in [0.717, 1.165) is 10.9 Å². The minimum absolute atomic E-state index is 0.0951. The maximum absolute atomic E-state index is 12.8. The summed E-state index contributed by atoms with van der Waals surface area (Å²) in [6.07, 6.45) is 0. The number of para-hydroxylation sites is 1. The molecule has 0 saturated carbocycles. The fourth-order valence-corrected chi connectivity index (χ4v) is 3.18. The van der Waals surface area contributed by atoms with Gasteiger partial charge in [-0.2, -0.15) is 5.10 Å². The number of aromatic nitrogens is 2. The summed E-state index contributed by atoms with van der Waals surface area (Å²) in [5, 5.41) is 17.2. The van der Waals surface area contributed by atoms with Crippen molar-refractivity contribution in [1.82, 2.24) is 20.0 Å². The van der Waals surface area contributed by atoms with Crippen molar-refractivity contribution in [2.24, 2.45) is 0 Å². The highest BCUT2D eigenvalue weighted by Crippen LogP contribution is 2.18. The number of carbonyl (C=O) groups excluding carboxylic acids is 2. The molecule has 0 aliphatic carbocycles. The van der Waals surface area contributed by atoms with Crippen LogP contribution in [0.5, 0.6) is 5.75 Å². The lowest BCUT2D eigenvalue weighted by atomic mass is 10.1. The van der Waals surface area contributed by atoms with E-state index in [2.05, 4.69) is 10.2 Å². The lowest BCUT2D eigenvalue weighted by molar-refractivity contribution is 0.0533. The van der Waals surface area contributed by atoms with E-state index >= 15 is 0 Å². The van der Waals surface area contributed by atoms with Crippen LogP contribution in [0.3, 0.4) is 0 Å². The van der Waals surface area contributed by atoms with E-state index in [1.165, 1.54) is 12.1 Å². The molecule has 2 heterocycles. The average molecular weight is 350 g/mol. The number of nitrogens with one attached hydrogen (secondary N) is 1. The molecule has 2 amide bonds. The molecule has 4 rings (SSSR count). The molecule has 1 aliphatic rings. The van der Waals surface area contributed by atoms with Crippen LogP contribution in [0.2, 0.25) is 0 Å². The third kappa shape index (κ3) is 2.88. The van der Waals surface area contributed by atoms with Crippen molar-refractivity contribution in [2.75, 3.05) is 26.2 Å². The van der Waals surface area contributed by atoms with Crippen molar-refractivity contribution in [3.8, 4) is 5.75 Å². The largest absolute Gasteiger partial charge is 0.508 e. The Labute approximate surface area is 149 Å². The standard InChI is InChI=1S/C19H18N4O3/c24-14-7-5-13(6-8-14)18(25)22-9-11-23(12-10-22)19(26)17-15-3-1-2-4-16(15)20-21-17/h1-8,24H,9-12H2,(H,20,21). The summed E-state index contributed by atoms with van der Waals surface area (Å²) in [4.78, 5) is 28.7. The number of H-pyrrole nitrogens is 1. The summed E-state index contributed by atoms with van der Waals surface area (Å²) in [6.45, 7) is 1.86. The zero-order valence-electron chi connectivity index (χ0n) is 14.1. The molecule has 1 aromatic heterocycles. The van der Waals surface area contributed by atoms with Crippen LogP contribution in [0.1, 0.15) is 20.8 Å². The Morgan fingerprint density at radius 1 is 0.885 bits per heavy atom. The van der Waals surface area contributed by atoms with Gasteiger partial charge in [0.25, 0.3) is 11.8 Å². The van der Waals surface area contributed by atoms with Crippen LogP contribution < -0.4 is 0 Å². The second-order valence-electron chi connectivity index (χ2n) is 6.25. The normalized spacial score (nSPS) is 14.6. The molecule has 132 valence electrons. The maximum atomic E-state index is 12.8. The van der Waals surface area contributed by atoms with Crippen LogP contribution in [0.15, 0.2) is 48.5 Å². The molecule has 0 bridgehead atoms. The monoisotopic (exact) mass is 350 g/mol. The van der Waals surface area contributed by atoms with Gasteiger partial charge in [0, 0.05) is 37.1 Å².